The van der Waals surface area contributed by atoms with Crippen molar-refractivity contribution in [3.8, 4) is 0 Å². The Bertz CT molecular complexity index is 1140. The van der Waals surface area contributed by atoms with Gasteiger partial charge in [0.15, 0.2) is 5.65 Å². The number of benzene rings is 1. The van der Waals surface area contributed by atoms with Crippen LogP contribution in [-0.2, 0) is 13.6 Å². The molecule has 0 aliphatic carbocycles. The van der Waals surface area contributed by atoms with Gasteiger partial charge in [-0.3, -0.25) is 23.7 Å². The number of hydrogen-bond acceptors (Lipinski definition) is 5. The van der Waals surface area contributed by atoms with E-state index in [1.807, 2.05) is 48.6 Å². The molecule has 0 aliphatic heterocycles. The van der Waals surface area contributed by atoms with Crippen molar-refractivity contribution < 1.29 is 4.79 Å². The molecule has 26 heavy (non-hydrogen) atoms. The van der Waals surface area contributed by atoms with Crippen LogP contribution in [0.4, 0.5) is 0 Å². The van der Waals surface area contributed by atoms with Crippen molar-refractivity contribution in [1.82, 2.24) is 29.2 Å². The summed E-state index contributed by atoms with van der Waals surface area (Å²) in [6.07, 6.45) is 5.15. The van der Waals surface area contributed by atoms with Crippen LogP contribution in [-0.4, -0.2) is 48.7 Å². The Balaban J connectivity index is 1.51. The number of aromatic amines is 1. The Kier molecular flexibility index (Phi) is 3.89. The fourth-order valence-corrected chi connectivity index (χ4v) is 3.00. The molecule has 0 bridgehead atoms. The standard InChI is InChI=1S/C18H18N6O2/c1-22(10-15-20-17-14(18(26)21-15)7-19-23(17)2)11-16(25)24-8-12-5-3-4-6-13(12)9-24/h3-9H,10-11H2,1-2H3,(H,20,21,26). The van der Waals surface area contributed by atoms with Crippen molar-refractivity contribution in [3.63, 3.8) is 0 Å². The molecule has 0 fully saturated rings. The summed E-state index contributed by atoms with van der Waals surface area (Å²) in [6.45, 7) is 0.553. The van der Waals surface area contributed by atoms with E-state index >= 15 is 0 Å². The molecule has 0 unspecified atom stereocenters. The number of aryl methyl sites for hydroxylation is 1. The lowest BCUT2D eigenvalue weighted by Gasteiger charge is -2.15. The summed E-state index contributed by atoms with van der Waals surface area (Å²) in [7, 11) is 3.55. The predicted molar refractivity (Wildman–Crippen MR) is 98.0 cm³/mol. The molecular weight excluding hydrogens is 332 g/mol. The molecule has 1 aromatic carbocycles. The molecule has 3 heterocycles. The molecule has 0 spiro atoms. The van der Waals surface area contributed by atoms with Gasteiger partial charge in [0.05, 0.1) is 19.3 Å². The van der Waals surface area contributed by atoms with E-state index in [0.717, 1.165) is 10.8 Å². The van der Waals surface area contributed by atoms with Crippen LogP contribution >= 0.6 is 0 Å². The summed E-state index contributed by atoms with van der Waals surface area (Å²) >= 11 is 0. The van der Waals surface area contributed by atoms with E-state index in [0.29, 0.717) is 23.4 Å². The molecule has 132 valence electrons. The second-order valence-corrected chi connectivity index (χ2v) is 6.38. The third-order valence-corrected chi connectivity index (χ3v) is 4.32. The lowest BCUT2D eigenvalue weighted by atomic mass is 10.2. The van der Waals surface area contributed by atoms with E-state index < -0.39 is 0 Å². The zero-order valence-corrected chi connectivity index (χ0v) is 14.5. The molecule has 4 aromatic rings. The van der Waals surface area contributed by atoms with Gasteiger partial charge >= 0.3 is 0 Å². The number of carbonyl (C=O) groups excluding carboxylic acids is 1. The third kappa shape index (κ3) is 2.91. The van der Waals surface area contributed by atoms with Gasteiger partial charge in [0.25, 0.3) is 5.56 Å². The number of fused-ring (bicyclic) bond motifs is 2. The Morgan fingerprint density at radius 3 is 2.62 bits per heavy atom. The van der Waals surface area contributed by atoms with Crippen molar-refractivity contribution in [2.45, 2.75) is 6.54 Å². The minimum atomic E-state index is -0.227. The second kappa shape index (κ2) is 6.23. The van der Waals surface area contributed by atoms with Gasteiger partial charge in [0.2, 0.25) is 5.91 Å². The van der Waals surface area contributed by atoms with Crippen molar-refractivity contribution in [2.24, 2.45) is 7.05 Å². The minimum Gasteiger partial charge on any atom is -0.309 e. The molecule has 4 rings (SSSR count). The average Bonchev–Trinajstić information content (AvgIpc) is 3.19. The number of nitrogens with zero attached hydrogens (tertiary/aromatic N) is 5. The SMILES string of the molecule is CN(CC(=O)n1cc2ccccc2c1)Cc1nc2c(cnn2C)c(=O)[nH]1. The molecule has 0 radical (unpaired) electrons. The van der Waals surface area contributed by atoms with Gasteiger partial charge in [0, 0.05) is 19.4 Å². The van der Waals surface area contributed by atoms with Gasteiger partial charge in [-0.2, -0.15) is 5.10 Å². The zero-order valence-electron chi connectivity index (χ0n) is 14.5. The first-order valence-corrected chi connectivity index (χ1v) is 8.20. The maximum atomic E-state index is 12.5. The van der Waals surface area contributed by atoms with E-state index in [9.17, 15) is 9.59 Å². The fourth-order valence-electron chi connectivity index (χ4n) is 3.00. The van der Waals surface area contributed by atoms with Gasteiger partial charge in [-0.05, 0) is 17.8 Å². The quantitative estimate of drug-likeness (QED) is 0.601. The lowest BCUT2D eigenvalue weighted by molar-refractivity contribution is 0.0860. The maximum absolute atomic E-state index is 12.5. The highest BCUT2D eigenvalue weighted by molar-refractivity contribution is 5.90. The van der Waals surface area contributed by atoms with Crippen LogP contribution in [0.25, 0.3) is 21.8 Å². The average molecular weight is 350 g/mol. The Labute approximate surface area is 148 Å². The third-order valence-electron chi connectivity index (χ3n) is 4.32. The molecule has 0 aliphatic rings. The predicted octanol–water partition coefficient (Wildman–Crippen LogP) is 1.38. The van der Waals surface area contributed by atoms with Crippen molar-refractivity contribution in [1.29, 1.82) is 0 Å². The molecule has 8 nitrogen and oxygen atoms in total. The first-order valence-electron chi connectivity index (χ1n) is 8.20. The van der Waals surface area contributed by atoms with Crippen molar-refractivity contribution in [3.05, 3.63) is 59.0 Å². The van der Waals surface area contributed by atoms with Crippen LogP contribution in [0.5, 0.6) is 0 Å². The number of likely N-dealkylation sites (N-methyl/N-ethyl adjacent to an activating group) is 1. The monoisotopic (exact) mass is 350 g/mol. The molecule has 0 amide bonds. The number of H-pyrrole nitrogens is 1. The second-order valence-electron chi connectivity index (χ2n) is 6.38. The summed E-state index contributed by atoms with van der Waals surface area (Å²) in [6, 6.07) is 7.83. The maximum Gasteiger partial charge on any atom is 0.262 e. The molecule has 0 saturated carbocycles. The van der Waals surface area contributed by atoms with Gasteiger partial charge in [0.1, 0.15) is 11.2 Å². The van der Waals surface area contributed by atoms with Crippen LogP contribution in [0.1, 0.15) is 10.6 Å². The summed E-state index contributed by atoms with van der Waals surface area (Å²) in [5.74, 6) is 0.451. The topological polar surface area (TPSA) is 88.8 Å². The number of nitrogens with one attached hydrogen (secondary N) is 1. The van der Waals surface area contributed by atoms with E-state index in [1.165, 1.54) is 6.20 Å². The van der Waals surface area contributed by atoms with Crippen LogP contribution in [0.15, 0.2) is 47.7 Å². The Hall–Kier alpha value is -3.26. The highest BCUT2D eigenvalue weighted by Crippen LogP contribution is 2.14. The summed E-state index contributed by atoms with van der Waals surface area (Å²) in [5, 5.41) is 6.55. The smallest absolute Gasteiger partial charge is 0.262 e. The number of carbonyl (C=O) groups is 1. The summed E-state index contributed by atoms with van der Waals surface area (Å²) in [4.78, 5) is 33.6. The summed E-state index contributed by atoms with van der Waals surface area (Å²) < 4.78 is 3.16. The number of aromatic nitrogens is 5. The van der Waals surface area contributed by atoms with Crippen LogP contribution in [0.2, 0.25) is 0 Å². The summed E-state index contributed by atoms with van der Waals surface area (Å²) in [5.41, 5.74) is 0.301. The van der Waals surface area contributed by atoms with E-state index in [-0.39, 0.29) is 18.0 Å². The van der Waals surface area contributed by atoms with Gasteiger partial charge in [-0.15, -0.1) is 0 Å². The van der Waals surface area contributed by atoms with Crippen LogP contribution < -0.4 is 5.56 Å². The van der Waals surface area contributed by atoms with E-state index in [4.69, 9.17) is 0 Å². The van der Waals surface area contributed by atoms with Gasteiger partial charge in [-0.25, -0.2) is 4.98 Å². The minimum absolute atomic E-state index is 0.0485. The normalized spacial score (nSPS) is 11.7. The zero-order chi connectivity index (χ0) is 18.3. The first-order chi connectivity index (χ1) is 12.5. The lowest BCUT2D eigenvalue weighted by Crippen LogP contribution is -2.30. The molecule has 3 aromatic heterocycles. The van der Waals surface area contributed by atoms with Crippen molar-refractivity contribution in [2.75, 3.05) is 13.6 Å². The molecule has 1 N–H and O–H groups in total. The van der Waals surface area contributed by atoms with Gasteiger partial charge in [-0.1, -0.05) is 24.3 Å². The highest BCUT2D eigenvalue weighted by Gasteiger charge is 2.13. The Morgan fingerprint density at radius 1 is 1.23 bits per heavy atom. The van der Waals surface area contributed by atoms with E-state index in [1.54, 1.807) is 16.3 Å². The van der Waals surface area contributed by atoms with Crippen LogP contribution in [0.3, 0.4) is 0 Å². The highest BCUT2D eigenvalue weighted by atomic mass is 16.2. The largest absolute Gasteiger partial charge is 0.309 e. The first kappa shape index (κ1) is 16.2. The molecule has 8 heteroatoms. The Morgan fingerprint density at radius 2 is 1.92 bits per heavy atom. The van der Waals surface area contributed by atoms with Crippen molar-refractivity contribution >= 4 is 27.7 Å². The fraction of sp³-hybridized carbons (Fsp3) is 0.222. The molecule has 0 saturated heterocycles. The molecular formula is C18H18N6O2. The van der Waals surface area contributed by atoms with Gasteiger partial charge < -0.3 is 4.98 Å². The van der Waals surface area contributed by atoms with Crippen LogP contribution in [0, 0.1) is 0 Å². The molecule has 0 atom stereocenters. The number of hydrogen-bond donors (Lipinski definition) is 1. The number of rotatable bonds is 4. The van der Waals surface area contributed by atoms with E-state index in [2.05, 4.69) is 15.1 Å².